The average Bonchev–Trinajstić information content (AvgIpc) is 2.73. The molecule has 30 heavy (non-hydrogen) atoms. The zero-order valence-corrected chi connectivity index (χ0v) is 15.8. The molecule has 1 aliphatic rings. The van der Waals surface area contributed by atoms with Crippen molar-refractivity contribution in [2.45, 2.75) is 19.1 Å². The van der Waals surface area contributed by atoms with E-state index in [2.05, 4.69) is 4.98 Å². The van der Waals surface area contributed by atoms with Crippen LogP contribution in [0.3, 0.4) is 0 Å². The Hall–Kier alpha value is -3.55. The lowest BCUT2D eigenvalue weighted by atomic mass is 9.98. The van der Waals surface area contributed by atoms with E-state index >= 15 is 0 Å². The van der Waals surface area contributed by atoms with Gasteiger partial charge >= 0.3 is 6.18 Å². The predicted octanol–water partition coefficient (Wildman–Crippen LogP) is 4.67. The van der Waals surface area contributed by atoms with Crippen molar-refractivity contribution >= 4 is 11.7 Å². The van der Waals surface area contributed by atoms with Crippen molar-refractivity contribution in [2.75, 3.05) is 12.3 Å². The van der Waals surface area contributed by atoms with Gasteiger partial charge in [0.15, 0.2) is 0 Å². The van der Waals surface area contributed by atoms with E-state index in [1.807, 2.05) is 6.07 Å². The van der Waals surface area contributed by atoms with Gasteiger partial charge in [-0.15, -0.1) is 0 Å². The Morgan fingerprint density at radius 1 is 1.07 bits per heavy atom. The molecule has 0 unspecified atom stereocenters. The number of halogens is 3. The van der Waals surface area contributed by atoms with Crippen LogP contribution in [0, 0.1) is 0 Å². The largest absolute Gasteiger partial charge is 0.457 e. The first-order valence-electron chi connectivity index (χ1n) is 9.28. The van der Waals surface area contributed by atoms with E-state index in [4.69, 9.17) is 10.5 Å². The SMILES string of the molecule is Nc1ccc(C(=O)N2CCc3c(cccc3Oc3ccc(C(F)(F)F)cc3)C2)cn1. The number of fused-ring (bicyclic) bond motifs is 1. The molecule has 154 valence electrons. The summed E-state index contributed by atoms with van der Waals surface area (Å²) in [5.74, 6) is 1.11. The van der Waals surface area contributed by atoms with Crippen molar-refractivity contribution in [2.24, 2.45) is 0 Å². The van der Waals surface area contributed by atoms with Crippen LogP contribution >= 0.6 is 0 Å². The molecule has 2 aromatic carbocycles. The molecule has 0 radical (unpaired) electrons. The van der Waals surface area contributed by atoms with Gasteiger partial charge in [0, 0.05) is 24.8 Å². The van der Waals surface area contributed by atoms with Crippen LogP contribution in [-0.4, -0.2) is 22.3 Å². The summed E-state index contributed by atoms with van der Waals surface area (Å²) in [7, 11) is 0. The normalized spacial score (nSPS) is 13.6. The van der Waals surface area contributed by atoms with Crippen molar-refractivity contribution in [1.82, 2.24) is 9.88 Å². The Balaban J connectivity index is 1.51. The summed E-state index contributed by atoms with van der Waals surface area (Å²) in [6, 6.07) is 13.3. The van der Waals surface area contributed by atoms with Gasteiger partial charge in [-0.1, -0.05) is 12.1 Å². The first kappa shape index (κ1) is 19.8. The molecular weight excluding hydrogens is 395 g/mol. The van der Waals surface area contributed by atoms with Crippen LogP contribution in [0.5, 0.6) is 11.5 Å². The maximum Gasteiger partial charge on any atom is 0.416 e. The Kier molecular flexibility index (Phi) is 5.07. The third-order valence-corrected chi connectivity index (χ3v) is 4.95. The number of nitrogen functional groups attached to an aromatic ring is 1. The lowest BCUT2D eigenvalue weighted by Gasteiger charge is -2.30. The molecule has 1 aliphatic heterocycles. The minimum atomic E-state index is -4.39. The zero-order chi connectivity index (χ0) is 21.3. The van der Waals surface area contributed by atoms with E-state index in [0.717, 1.165) is 23.3 Å². The fourth-order valence-corrected chi connectivity index (χ4v) is 3.40. The summed E-state index contributed by atoms with van der Waals surface area (Å²) in [6.45, 7) is 0.895. The molecule has 1 amide bonds. The monoisotopic (exact) mass is 413 g/mol. The summed E-state index contributed by atoms with van der Waals surface area (Å²) in [4.78, 5) is 18.4. The summed E-state index contributed by atoms with van der Waals surface area (Å²) in [6.07, 6.45) is -2.36. The van der Waals surface area contributed by atoms with E-state index in [-0.39, 0.29) is 5.91 Å². The number of pyridine rings is 1. The van der Waals surface area contributed by atoms with Gasteiger partial charge in [-0.25, -0.2) is 4.98 Å². The Bertz CT molecular complexity index is 1060. The number of hydrogen-bond acceptors (Lipinski definition) is 4. The first-order valence-corrected chi connectivity index (χ1v) is 9.28. The molecule has 8 heteroatoms. The number of carbonyl (C=O) groups excluding carboxylic acids is 1. The van der Waals surface area contributed by atoms with Crippen LogP contribution in [0.4, 0.5) is 19.0 Å². The second-order valence-corrected chi connectivity index (χ2v) is 6.97. The highest BCUT2D eigenvalue weighted by molar-refractivity contribution is 5.94. The summed E-state index contributed by atoms with van der Waals surface area (Å²) < 4.78 is 44.0. The quantitative estimate of drug-likeness (QED) is 0.677. The van der Waals surface area contributed by atoms with E-state index in [1.54, 1.807) is 29.2 Å². The maximum atomic E-state index is 12.7. The van der Waals surface area contributed by atoms with Gasteiger partial charge in [-0.2, -0.15) is 13.2 Å². The number of nitrogens with zero attached hydrogens (tertiary/aromatic N) is 2. The van der Waals surface area contributed by atoms with E-state index < -0.39 is 11.7 Å². The maximum absolute atomic E-state index is 12.7. The Morgan fingerprint density at radius 2 is 1.83 bits per heavy atom. The molecule has 2 heterocycles. The molecule has 2 N–H and O–H groups in total. The van der Waals surface area contributed by atoms with Gasteiger partial charge in [-0.3, -0.25) is 4.79 Å². The zero-order valence-electron chi connectivity index (χ0n) is 15.8. The number of ether oxygens (including phenoxy) is 1. The lowest BCUT2D eigenvalue weighted by Crippen LogP contribution is -2.36. The molecule has 0 aliphatic carbocycles. The van der Waals surface area contributed by atoms with E-state index in [0.29, 0.717) is 42.4 Å². The number of amides is 1. The Morgan fingerprint density at radius 3 is 2.50 bits per heavy atom. The molecule has 1 aromatic heterocycles. The molecule has 5 nitrogen and oxygen atoms in total. The first-order chi connectivity index (χ1) is 14.3. The topological polar surface area (TPSA) is 68.5 Å². The smallest absolute Gasteiger partial charge is 0.416 e. The van der Waals surface area contributed by atoms with Gasteiger partial charge in [-0.05, 0) is 54.4 Å². The number of anilines is 1. The molecule has 0 bridgehead atoms. The van der Waals surface area contributed by atoms with Crippen LogP contribution in [0.15, 0.2) is 60.8 Å². The van der Waals surface area contributed by atoms with Gasteiger partial charge in [0.1, 0.15) is 17.3 Å². The van der Waals surface area contributed by atoms with E-state index in [9.17, 15) is 18.0 Å². The van der Waals surface area contributed by atoms with Crippen LogP contribution in [-0.2, 0) is 19.1 Å². The minimum Gasteiger partial charge on any atom is -0.457 e. The number of benzene rings is 2. The second kappa shape index (κ2) is 7.70. The van der Waals surface area contributed by atoms with Crippen LogP contribution in [0.2, 0.25) is 0 Å². The number of rotatable bonds is 3. The second-order valence-electron chi connectivity index (χ2n) is 6.97. The van der Waals surface area contributed by atoms with Gasteiger partial charge in [0.25, 0.3) is 5.91 Å². The molecule has 0 atom stereocenters. The van der Waals surface area contributed by atoms with Gasteiger partial charge in [0.05, 0.1) is 11.1 Å². The fourth-order valence-electron chi connectivity index (χ4n) is 3.40. The number of hydrogen-bond donors (Lipinski definition) is 1. The number of nitrogens with two attached hydrogens (primary N) is 1. The molecule has 4 rings (SSSR count). The van der Waals surface area contributed by atoms with Crippen LogP contribution in [0.1, 0.15) is 27.0 Å². The molecular formula is C22H18F3N3O2. The van der Waals surface area contributed by atoms with Crippen molar-refractivity contribution in [1.29, 1.82) is 0 Å². The van der Waals surface area contributed by atoms with Gasteiger partial charge in [0.2, 0.25) is 0 Å². The van der Waals surface area contributed by atoms with E-state index in [1.165, 1.54) is 18.3 Å². The number of carbonyl (C=O) groups is 1. The van der Waals surface area contributed by atoms with Crippen LogP contribution < -0.4 is 10.5 Å². The van der Waals surface area contributed by atoms with Crippen molar-refractivity contribution < 1.29 is 22.7 Å². The highest BCUT2D eigenvalue weighted by atomic mass is 19.4. The third-order valence-electron chi connectivity index (χ3n) is 4.95. The third kappa shape index (κ3) is 4.07. The van der Waals surface area contributed by atoms with Crippen molar-refractivity contribution in [3.05, 3.63) is 83.0 Å². The van der Waals surface area contributed by atoms with Crippen molar-refractivity contribution in [3.8, 4) is 11.5 Å². The number of aromatic nitrogens is 1. The molecule has 0 fully saturated rings. The molecule has 0 saturated carbocycles. The predicted molar refractivity (Wildman–Crippen MR) is 105 cm³/mol. The summed E-state index contributed by atoms with van der Waals surface area (Å²) >= 11 is 0. The lowest BCUT2D eigenvalue weighted by molar-refractivity contribution is -0.137. The molecule has 0 spiro atoms. The average molecular weight is 413 g/mol. The number of alkyl halides is 3. The highest BCUT2D eigenvalue weighted by Gasteiger charge is 2.30. The minimum absolute atomic E-state index is 0.137. The summed E-state index contributed by atoms with van der Waals surface area (Å²) in [5.41, 5.74) is 7.18. The fraction of sp³-hybridized carbons (Fsp3) is 0.182. The van der Waals surface area contributed by atoms with Crippen LogP contribution in [0.25, 0.3) is 0 Å². The Labute approximate surface area is 170 Å². The van der Waals surface area contributed by atoms with Gasteiger partial charge < -0.3 is 15.4 Å². The molecule has 3 aromatic rings. The molecule has 0 saturated heterocycles. The summed E-state index contributed by atoms with van der Waals surface area (Å²) in [5, 5.41) is 0. The standard InChI is InChI=1S/C22H18F3N3O2/c23-22(24,25)16-5-7-17(8-6-16)30-19-3-1-2-15-13-28(11-10-18(15)19)21(29)14-4-9-20(26)27-12-14/h1-9,12H,10-11,13H2,(H2,26,27). The van der Waals surface area contributed by atoms with Crippen molar-refractivity contribution in [3.63, 3.8) is 0 Å². The highest BCUT2D eigenvalue weighted by Crippen LogP contribution is 2.34.